The number of carbonyl (C=O) groups is 1. The number of thiazole rings is 1. The van der Waals surface area contributed by atoms with Gasteiger partial charge in [0.2, 0.25) is 0 Å². The van der Waals surface area contributed by atoms with Gasteiger partial charge in [0.25, 0.3) is 11.5 Å². The maximum absolute atomic E-state index is 13.4. The zero-order chi connectivity index (χ0) is 24.0. The van der Waals surface area contributed by atoms with Gasteiger partial charge in [-0.25, -0.2) is 9.78 Å². The van der Waals surface area contributed by atoms with Crippen LogP contribution in [-0.4, -0.2) is 27.0 Å². The minimum Gasteiger partial charge on any atom is -0.487 e. The fourth-order valence-electron chi connectivity index (χ4n) is 3.33. The van der Waals surface area contributed by atoms with E-state index in [0.717, 1.165) is 12.1 Å². The third kappa shape index (κ3) is 5.89. The summed E-state index contributed by atoms with van der Waals surface area (Å²) < 4.78 is 7.01. The third-order valence-corrected chi connectivity index (χ3v) is 5.62. The van der Waals surface area contributed by atoms with Gasteiger partial charge >= 0.3 is 5.69 Å². The van der Waals surface area contributed by atoms with Gasteiger partial charge in [-0.1, -0.05) is 27.2 Å². The van der Waals surface area contributed by atoms with Crippen LogP contribution in [0.3, 0.4) is 0 Å². The lowest BCUT2D eigenvalue weighted by molar-refractivity contribution is 0.0986. The van der Waals surface area contributed by atoms with Gasteiger partial charge in [-0.15, -0.1) is 11.3 Å². The van der Waals surface area contributed by atoms with Gasteiger partial charge in [0.15, 0.2) is 5.69 Å². The number of nitrogens with zero attached hydrogens (tertiary/aromatic N) is 3. The predicted molar refractivity (Wildman–Crippen MR) is 130 cm³/mol. The van der Waals surface area contributed by atoms with Crippen molar-refractivity contribution in [3.05, 3.63) is 67.3 Å². The van der Waals surface area contributed by atoms with Crippen molar-refractivity contribution in [2.45, 2.75) is 46.8 Å². The minimum atomic E-state index is -0.676. The molecule has 3 aromatic rings. The van der Waals surface area contributed by atoms with Gasteiger partial charge in [0, 0.05) is 24.0 Å². The van der Waals surface area contributed by atoms with E-state index in [-0.39, 0.29) is 23.3 Å². The highest BCUT2D eigenvalue weighted by molar-refractivity contribution is 7.07. The second kappa shape index (κ2) is 11.0. The molecule has 1 aromatic carbocycles. The number of unbranched alkanes of at least 4 members (excludes halogenated alkanes) is 1. The van der Waals surface area contributed by atoms with Crippen LogP contribution in [0.2, 0.25) is 0 Å². The largest absolute Gasteiger partial charge is 0.487 e. The topological polar surface area (TPSA) is 123 Å². The first-order chi connectivity index (χ1) is 15.8. The summed E-state index contributed by atoms with van der Waals surface area (Å²) in [4.78, 5) is 46.3. The number of hydrogen-bond acceptors (Lipinski definition) is 7. The molecule has 0 aliphatic rings. The number of aromatic amines is 1. The van der Waals surface area contributed by atoms with Crippen molar-refractivity contribution in [1.29, 1.82) is 0 Å². The molecule has 2 aromatic heterocycles. The van der Waals surface area contributed by atoms with Gasteiger partial charge in [0.1, 0.15) is 18.2 Å². The van der Waals surface area contributed by atoms with Crippen LogP contribution in [0.5, 0.6) is 5.75 Å². The van der Waals surface area contributed by atoms with E-state index in [2.05, 4.69) is 9.97 Å². The van der Waals surface area contributed by atoms with Crippen molar-refractivity contribution in [3.8, 4) is 5.75 Å². The molecule has 1 amide bonds. The number of carbonyl (C=O) groups excluding carboxylic acids is 1. The molecule has 0 radical (unpaired) electrons. The SMILES string of the molecule is CCCCN(C(=O)c1ccc(OCc2cscn2)cc1)c1c(N)n(CC(C)C)c(=O)[nH]c1=O. The lowest BCUT2D eigenvalue weighted by atomic mass is 10.1. The predicted octanol–water partition coefficient (Wildman–Crippen LogP) is 3.26. The molecule has 0 fully saturated rings. The number of anilines is 2. The summed E-state index contributed by atoms with van der Waals surface area (Å²) in [5, 5.41) is 1.91. The van der Waals surface area contributed by atoms with E-state index in [4.69, 9.17) is 10.5 Å². The van der Waals surface area contributed by atoms with E-state index < -0.39 is 11.2 Å². The average molecular weight is 472 g/mol. The molecule has 3 rings (SSSR count). The Balaban J connectivity index is 1.90. The molecule has 2 heterocycles. The summed E-state index contributed by atoms with van der Waals surface area (Å²) in [6.45, 7) is 6.83. The molecule has 3 N–H and O–H groups in total. The van der Waals surface area contributed by atoms with E-state index in [1.807, 2.05) is 26.2 Å². The van der Waals surface area contributed by atoms with Gasteiger partial charge in [-0.05, 0) is 36.6 Å². The second-order valence-electron chi connectivity index (χ2n) is 8.10. The zero-order valence-electron chi connectivity index (χ0n) is 19.0. The molecule has 176 valence electrons. The highest BCUT2D eigenvalue weighted by Gasteiger charge is 2.25. The van der Waals surface area contributed by atoms with Crippen LogP contribution in [0.15, 0.2) is 44.7 Å². The fourth-order valence-corrected chi connectivity index (χ4v) is 3.87. The lowest BCUT2D eigenvalue weighted by Gasteiger charge is -2.25. The van der Waals surface area contributed by atoms with E-state index in [1.54, 1.807) is 29.8 Å². The fraction of sp³-hybridized carbons (Fsp3) is 0.391. The van der Waals surface area contributed by atoms with Crippen molar-refractivity contribution in [1.82, 2.24) is 14.5 Å². The minimum absolute atomic E-state index is 0.00226. The van der Waals surface area contributed by atoms with Crippen LogP contribution in [-0.2, 0) is 13.2 Å². The average Bonchev–Trinajstić information content (AvgIpc) is 3.31. The molecular formula is C23H29N5O4S. The Morgan fingerprint density at radius 2 is 2.00 bits per heavy atom. The Morgan fingerprint density at radius 3 is 2.61 bits per heavy atom. The van der Waals surface area contributed by atoms with Crippen LogP contribution in [0.4, 0.5) is 11.5 Å². The summed E-state index contributed by atoms with van der Waals surface area (Å²) in [5.74, 6) is 0.342. The molecule has 9 nitrogen and oxygen atoms in total. The number of H-pyrrole nitrogens is 1. The Labute approximate surface area is 195 Å². The lowest BCUT2D eigenvalue weighted by Crippen LogP contribution is -2.42. The Morgan fingerprint density at radius 1 is 1.27 bits per heavy atom. The number of nitrogen functional groups attached to an aromatic ring is 1. The van der Waals surface area contributed by atoms with E-state index in [1.165, 1.54) is 20.8 Å². The van der Waals surface area contributed by atoms with Gasteiger partial charge < -0.3 is 15.4 Å². The summed E-state index contributed by atoms with van der Waals surface area (Å²) in [5.41, 5.74) is 7.95. The monoisotopic (exact) mass is 471 g/mol. The smallest absolute Gasteiger partial charge is 0.330 e. The molecule has 0 saturated carbocycles. The van der Waals surface area contributed by atoms with Crippen LogP contribution in [0.1, 0.15) is 49.7 Å². The summed E-state index contributed by atoms with van der Waals surface area (Å²) in [6.07, 6.45) is 1.49. The van der Waals surface area contributed by atoms with E-state index >= 15 is 0 Å². The van der Waals surface area contributed by atoms with Gasteiger partial charge in [-0.3, -0.25) is 19.1 Å². The van der Waals surface area contributed by atoms with Crippen LogP contribution < -0.4 is 26.6 Å². The van der Waals surface area contributed by atoms with Crippen LogP contribution in [0.25, 0.3) is 0 Å². The first-order valence-corrected chi connectivity index (χ1v) is 11.8. The maximum atomic E-state index is 13.4. The molecule has 0 aliphatic carbocycles. The van der Waals surface area contributed by atoms with Crippen LogP contribution >= 0.6 is 11.3 Å². The number of hydrogen-bond donors (Lipinski definition) is 2. The quantitative estimate of drug-likeness (QED) is 0.468. The van der Waals surface area contributed by atoms with Crippen molar-refractivity contribution in [2.24, 2.45) is 5.92 Å². The maximum Gasteiger partial charge on any atom is 0.330 e. The highest BCUT2D eigenvalue weighted by Crippen LogP contribution is 2.22. The molecule has 0 atom stereocenters. The Kier molecular flexibility index (Phi) is 8.05. The van der Waals surface area contributed by atoms with Crippen molar-refractivity contribution >= 4 is 28.7 Å². The Bertz CT molecular complexity index is 1180. The molecule has 0 aliphatic heterocycles. The summed E-state index contributed by atoms with van der Waals surface area (Å²) in [6, 6.07) is 6.69. The van der Waals surface area contributed by atoms with Crippen molar-refractivity contribution < 1.29 is 9.53 Å². The standard InChI is InChI=1S/C23H29N5O4S/c1-4-5-10-27(19-20(24)28(11-15(2)3)23(31)26-21(19)29)22(30)16-6-8-18(9-7-16)32-12-17-13-33-14-25-17/h6-9,13-15H,4-5,10-12,24H2,1-3H3,(H,26,29,31). The third-order valence-electron chi connectivity index (χ3n) is 4.98. The van der Waals surface area contributed by atoms with Gasteiger partial charge in [0.05, 0.1) is 11.2 Å². The molecular weight excluding hydrogens is 442 g/mol. The molecule has 0 unspecified atom stereocenters. The Hall–Kier alpha value is -3.40. The molecule has 0 bridgehead atoms. The number of aromatic nitrogens is 3. The first kappa shape index (κ1) is 24.2. The summed E-state index contributed by atoms with van der Waals surface area (Å²) >= 11 is 1.49. The molecule has 0 spiro atoms. The molecule has 0 saturated heterocycles. The van der Waals surface area contributed by atoms with E-state index in [0.29, 0.717) is 37.4 Å². The first-order valence-electron chi connectivity index (χ1n) is 10.9. The van der Waals surface area contributed by atoms with E-state index in [9.17, 15) is 14.4 Å². The van der Waals surface area contributed by atoms with Crippen molar-refractivity contribution in [2.75, 3.05) is 17.2 Å². The number of ether oxygens (including phenoxy) is 1. The number of nitrogens with one attached hydrogen (secondary N) is 1. The molecule has 33 heavy (non-hydrogen) atoms. The molecule has 10 heteroatoms. The number of nitrogens with two attached hydrogens (primary N) is 1. The number of rotatable bonds is 10. The number of amides is 1. The van der Waals surface area contributed by atoms with Crippen molar-refractivity contribution in [3.63, 3.8) is 0 Å². The number of benzene rings is 1. The second-order valence-corrected chi connectivity index (χ2v) is 8.82. The van der Waals surface area contributed by atoms with Crippen LogP contribution in [0, 0.1) is 5.92 Å². The summed E-state index contributed by atoms with van der Waals surface area (Å²) in [7, 11) is 0. The normalized spacial score (nSPS) is 11.0. The highest BCUT2D eigenvalue weighted by atomic mass is 32.1. The zero-order valence-corrected chi connectivity index (χ0v) is 19.9. The van der Waals surface area contributed by atoms with Gasteiger partial charge in [-0.2, -0.15) is 0 Å².